The average molecular weight is 160 g/mol. The van der Waals surface area contributed by atoms with E-state index in [0.29, 0.717) is 0 Å². The van der Waals surface area contributed by atoms with Crippen molar-refractivity contribution >= 4 is 28.7 Å². The molecule has 0 aliphatic heterocycles. The van der Waals surface area contributed by atoms with Crippen molar-refractivity contribution in [2.24, 2.45) is 0 Å². The van der Waals surface area contributed by atoms with Crippen molar-refractivity contribution in [2.75, 3.05) is 11.1 Å². The first kappa shape index (κ1) is 6.75. The maximum Gasteiger partial charge on any atom is 0.411 e. The Morgan fingerprint density at radius 2 is 2.50 bits per heavy atom. The number of nitrogens with one attached hydrogen (secondary N) is 1. The van der Waals surface area contributed by atoms with Gasteiger partial charge in [-0.15, -0.1) is 0 Å². The minimum Gasteiger partial charge on any atom is -0.465 e. The van der Waals surface area contributed by atoms with E-state index in [2.05, 4.69) is 9.36 Å². The Labute approximate surface area is 59.9 Å². The van der Waals surface area contributed by atoms with Crippen LogP contribution in [0.1, 0.15) is 0 Å². The molecular formula is C3H4N4O2S. The van der Waals surface area contributed by atoms with Crippen LogP contribution in [0, 0.1) is 0 Å². The maximum absolute atomic E-state index is 9.95. The number of hydrogen-bond acceptors (Lipinski definition) is 5. The topological polar surface area (TPSA) is 101 Å². The van der Waals surface area contributed by atoms with Gasteiger partial charge in [-0.3, -0.25) is 5.32 Å². The van der Waals surface area contributed by atoms with Crippen molar-refractivity contribution in [1.82, 2.24) is 9.36 Å². The van der Waals surface area contributed by atoms with Crippen LogP contribution < -0.4 is 11.1 Å². The van der Waals surface area contributed by atoms with E-state index in [-0.39, 0.29) is 11.1 Å². The molecule has 0 fully saturated rings. The molecule has 1 amide bonds. The van der Waals surface area contributed by atoms with E-state index < -0.39 is 6.09 Å². The van der Waals surface area contributed by atoms with Crippen molar-refractivity contribution in [2.45, 2.75) is 0 Å². The Bertz CT molecular complexity index is 246. The smallest absolute Gasteiger partial charge is 0.411 e. The van der Waals surface area contributed by atoms with Gasteiger partial charge in [0.05, 0.1) is 0 Å². The third-order valence-corrected chi connectivity index (χ3v) is 1.20. The minimum atomic E-state index is -1.20. The summed E-state index contributed by atoms with van der Waals surface area (Å²) < 4.78 is 3.57. The molecule has 0 spiro atoms. The number of rotatable bonds is 1. The van der Waals surface area contributed by atoms with Crippen LogP contribution in [0.5, 0.6) is 0 Å². The standard InChI is InChI=1S/C3H4N4O2S/c4-1-5-2(7-10-1)6-3(8)9/h(H,8,9)(H3,4,5,6,7). The summed E-state index contributed by atoms with van der Waals surface area (Å²) in [6.45, 7) is 0. The highest BCUT2D eigenvalue weighted by molar-refractivity contribution is 7.09. The van der Waals surface area contributed by atoms with Gasteiger partial charge in [-0.1, -0.05) is 0 Å². The predicted molar refractivity (Wildman–Crippen MR) is 36.0 cm³/mol. The molecule has 0 aromatic carbocycles. The van der Waals surface area contributed by atoms with Gasteiger partial charge in [0.25, 0.3) is 0 Å². The van der Waals surface area contributed by atoms with Gasteiger partial charge < -0.3 is 10.8 Å². The van der Waals surface area contributed by atoms with Crippen LogP contribution in [0.3, 0.4) is 0 Å². The van der Waals surface area contributed by atoms with E-state index in [1.54, 1.807) is 0 Å². The zero-order chi connectivity index (χ0) is 7.56. The van der Waals surface area contributed by atoms with Gasteiger partial charge in [0.2, 0.25) is 11.1 Å². The Balaban J connectivity index is 2.67. The Morgan fingerprint density at radius 1 is 1.80 bits per heavy atom. The Kier molecular flexibility index (Phi) is 1.67. The van der Waals surface area contributed by atoms with E-state index in [9.17, 15) is 4.79 Å². The summed E-state index contributed by atoms with van der Waals surface area (Å²) in [5.74, 6) is 0.0231. The summed E-state index contributed by atoms with van der Waals surface area (Å²) in [6.07, 6.45) is -1.20. The van der Waals surface area contributed by atoms with Crippen molar-refractivity contribution in [3.05, 3.63) is 0 Å². The van der Waals surface area contributed by atoms with Gasteiger partial charge >= 0.3 is 6.09 Å². The zero-order valence-corrected chi connectivity index (χ0v) is 5.55. The van der Waals surface area contributed by atoms with Crippen molar-refractivity contribution in [3.8, 4) is 0 Å². The molecule has 6 nitrogen and oxygen atoms in total. The number of nitrogens with two attached hydrogens (primary N) is 1. The van der Waals surface area contributed by atoms with Gasteiger partial charge in [-0.05, 0) is 0 Å². The van der Waals surface area contributed by atoms with Crippen LogP contribution in [0.4, 0.5) is 15.9 Å². The van der Waals surface area contributed by atoms with Crippen LogP contribution in [0.25, 0.3) is 0 Å². The summed E-state index contributed by atoms with van der Waals surface area (Å²) in [7, 11) is 0. The van der Waals surface area contributed by atoms with Crippen molar-refractivity contribution in [3.63, 3.8) is 0 Å². The van der Waals surface area contributed by atoms with E-state index in [0.717, 1.165) is 11.5 Å². The highest BCUT2D eigenvalue weighted by atomic mass is 32.1. The first-order valence-corrected chi connectivity index (χ1v) is 3.05. The quantitative estimate of drug-likeness (QED) is 0.545. The molecule has 0 atom stereocenters. The normalized spacial score (nSPS) is 9.20. The SMILES string of the molecule is Nc1nc(NC(=O)O)ns1. The summed E-state index contributed by atoms with van der Waals surface area (Å²) in [5.41, 5.74) is 5.17. The molecule has 0 radical (unpaired) electrons. The molecule has 54 valence electrons. The van der Waals surface area contributed by atoms with E-state index >= 15 is 0 Å². The molecular weight excluding hydrogens is 156 g/mol. The number of anilines is 2. The lowest BCUT2D eigenvalue weighted by Crippen LogP contribution is -2.08. The molecule has 0 bridgehead atoms. The fourth-order valence-corrected chi connectivity index (χ4v) is 0.775. The number of nitrogen functional groups attached to an aromatic ring is 1. The van der Waals surface area contributed by atoms with E-state index in [1.807, 2.05) is 5.32 Å². The van der Waals surface area contributed by atoms with Crippen LogP contribution >= 0.6 is 11.5 Å². The van der Waals surface area contributed by atoms with Crippen LogP contribution in [-0.4, -0.2) is 20.6 Å². The second-order valence-corrected chi connectivity index (χ2v) is 2.17. The fourth-order valence-electron chi connectivity index (χ4n) is 0.382. The second-order valence-electron chi connectivity index (χ2n) is 1.39. The van der Waals surface area contributed by atoms with Gasteiger partial charge in [0.1, 0.15) is 0 Å². The molecule has 0 saturated carbocycles. The lowest BCUT2D eigenvalue weighted by molar-refractivity contribution is 0.209. The first-order valence-electron chi connectivity index (χ1n) is 2.27. The van der Waals surface area contributed by atoms with Crippen LogP contribution in [0.2, 0.25) is 0 Å². The lowest BCUT2D eigenvalue weighted by Gasteiger charge is -1.88. The predicted octanol–water partition coefficient (Wildman–Crippen LogP) is 0.210. The average Bonchev–Trinajstić information content (AvgIpc) is 2.13. The van der Waals surface area contributed by atoms with Crippen molar-refractivity contribution < 1.29 is 9.90 Å². The molecule has 1 heterocycles. The number of nitrogens with zero attached hydrogens (tertiary/aromatic N) is 2. The van der Waals surface area contributed by atoms with Gasteiger partial charge in [-0.2, -0.15) is 9.36 Å². The molecule has 7 heteroatoms. The molecule has 0 aliphatic carbocycles. The molecule has 1 rings (SSSR count). The second kappa shape index (κ2) is 2.48. The third kappa shape index (κ3) is 1.55. The molecule has 1 aromatic heterocycles. The van der Waals surface area contributed by atoms with E-state index in [1.165, 1.54) is 0 Å². The number of amides is 1. The van der Waals surface area contributed by atoms with Crippen LogP contribution in [0.15, 0.2) is 0 Å². The van der Waals surface area contributed by atoms with Gasteiger partial charge in [0, 0.05) is 11.5 Å². The van der Waals surface area contributed by atoms with Gasteiger partial charge in [0.15, 0.2) is 0 Å². The van der Waals surface area contributed by atoms with Crippen molar-refractivity contribution in [1.29, 1.82) is 0 Å². The first-order chi connectivity index (χ1) is 4.68. The molecule has 0 saturated heterocycles. The third-order valence-electron chi connectivity index (χ3n) is 0.660. The van der Waals surface area contributed by atoms with E-state index in [4.69, 9.17) is 10.8 Å². The molecule has 0 aliphatic rings. The maximum atomic E-state index is 9.95. The minimum absolute atomic E-state index is 0.0231. The zero-order valence-electron chi connectivity index (χ0n) is 4.74. The molecule has 10 heavy (non-hydrogen) atoms. The molecule has 1 aromatic rings. The molecule has 0 unspecified atom stereocenters. The summed E-state index contributed by atoms with van der Waals surface area (Å²) in [5, 5.41) is 10.3. The Morgan fingerprint density at radius 3 is 2.90 bits per heavy atom. The highest BCUT2D eigenvalue weighted by Gasteiger charge is 2.02. The lowest BCUT2D eigenvalue weighted by atomic mass is 10.9. The summed E-state index contributed by atoms with van der Waals surface area (Å²) in [6, 6.07) is 0. The number of carbonyl (C=O) groups is 1. The fraction of sp³-hybridized carbons (Fsp3) is 0. The van der Waals surface area contributed by atoms with Crippen LogP contribution in [-0.2, 0) is 0 Å². The number of hydrogen-bond donors (Lipinski definition) is 3. The largest absolute Gasteiger partial charge is 0.465 e. The number of aromatic nitrogens is 2. The number of carboxylic acid groups (broad SMARTS) is 1. The van der Waals surface area contributed by atoms with Gasteiger partial charge in [-0.25, -0.2) is 4.79 Å². The summed E-state index contributed by atoms with van der Waals surface area (Å²) >= 11 is 0.937. The monoisotopic (exact) mass is 160 g/mol. The Hall–Kier alpha value is -1.37. The highest BCUT2D eigenvalue weighted by Crippen LogP contribution is 2.08. The summed E-state index contributed by atoms with van der Waals surface area (Å²) in [4.78, 5) is 13.5. The molecule has 4 N–H and O–H groups in total.